The quantitative estimate of drug-likeness (QED) is 0.631. The summed E-state index contributed by atoms with van der Waals surface area (Å²) in [7, 11) is 0. The fourth-order valence-electron chi connectivity index (χ4n) is 3.17. The summed E-state index contributed by atoms with van der Waals surface area (Å²) in [5.41, 5.74) is 1.05. The number of carbonyl (C=O) groups excluding carboxylic acids is 2. The zero-order chi connectivity index (χ0) is 20.6. The molecule has 6 nitrogen and oxygen atoms in total. The Labute approximate surface area is 163 Å². The van der Waals surface area contributed by atoms with Crippen molar-refractivity contribution in [3.05, 3.63) is 77.4 Å². The van der Waals surface area contributed by atoms with Crippen molar-refractivity contribution in [1.82, 2.24) is 19.7 Å². The van der Waals surface area contributed by atoms with E-state index in [0.717, 1.165) is 24.3 Å². The van der Waals surface area contributed by atoms with Crippen LogP contribution in [0.25, 0.3) is 5.69 Å². The lowest BCUT2D eigenvalue weighted by atomic mass is 10.0. The Morgan fingerprint density at radius 1 is 1.14 bits per heavy atom. The van der Waals surface area contributed by atoms with Crippen molar-refractivity contribution in [3.8, 4) is 5.69 Å². The van der Waals surface area contributed by atoms with Crippen LogP contribution in [-0.2, 0) is 12.6 Å². The highest BCUT2D eigenvalue weighted by molar-refractivity contribution is 6.03. The molecule has 0 radical (unpaired) electrons. The molecule has 3 aromatic rings. The summed E-state index contributed by atoms with van der Waals surface area (Å²) in [6, 6.07) is 7.55. The van der Waals surface area contributed by atoms with Gasteiger partial charge in [0.25, 0.3) is 5.91 Å². The van der Waals surface area contributed by atoms with Gasteiger partial charge in [0.15, 0.2) is 5.78 Å². The number of benzene rings is 1. The molecule has 0 bridgehead atoms. The van der Waals surface area contributed by atoms with E-state index >= 15 is 0 Å². The third-order valence-electron chi connectivity index (χ3n) is 4.71. The fraction of sp³-hybridized carbons (Fsp3) is 0.200. The summed E-state index contributed by atoms with van der Waals surface area (Å²) >= 11 is 0. The molecule has 0 aliphatic carbocycles. The zero-order valence-electron chi connectivity index (χ0n) is 15.1. The van der Waals surface area contributed by atoms with Gasteiger partial charge >= 0.3 is 6.18 Å². The molecule has 0 N–H and O–H groups in total. The fourth-order valence-corrected chi connectivity index (χ4v) is 3.17. The van der Waals surface area contributed by atoms with Crippen molar-refractivity contribution in [2.45, 2.75) is 12.6 Å². The average Bonchev–Trinajstić information content (AvgIpc) is 3.15. The molecule has 1 aliphatic rings. The molecule has 29 heavy (non-hydrogen) atoms. The Morgan fingerprint density at radius 2 is 1.90 bits per heavy atom. The molecule has 0 atom stereocenters. The van der Waals surface area contributed by atoms with E-state index in [1.807, 2.05) is 6.07 Å². The van der Waals surface area contributed by atoms with Crippen molar-refractivity contribution in [1.29, 1.82) is 0 Å². The Hall–Kier alpha value is -3.49. The van der Waals surface area contributed by atoms with Gasteiger partial charge in [-0.05, 0) is 24.3 Å². The summed E-state index contributed by atoms with van der Waals surface area (Å²) in [4.78, 5) is 30.6. The Morgan fingerprint density at radius 3 is 2.55 bits per heavy atom. The topological polar surface area (TPSA) is 68.1 Å². The first-order chi connectivity index (χ1) is 13.8. The van der Waals surface area contributed by atoms with Crippen LogP contribution in [0.4, 0.5) is 13.2 Å². The number of halogens is 3. The molecule has 2 aromatic heterocycles. The van der Waals surface area contributed by atoms with Crippen molar-refractivity contribution < 1.29 is 22.8 Å². The predicted octanol–water partition coefficient (Wildman–Crippen LogP) is 3.17. The first-order valence-electron chi connectivity index (χ1n) is 8.81. The highest BCUT2D eigenvalue weighted by Crippen LogP contribution is 2.29. The highest BCUT2D eigenvalue weighted by Gasteiger charge is 2.31. The van der Waals surface area contributed by atoms with E-state index in [2.05, 4.69) is 10.1 Å². The third kappa shape index (κ3) is 3.75. The van der Waals surface area contributed by atoms with Gasteiger partial charge in [0, 0.05) is 30.9 Å². The van der Waals surface area contributed by atoms with Gasteiger partial charge in [0.05, 0.1) is 35.2 Å². The zero-order valence-corrected chi connectivity index (χ0v) is 15.1. The van der Waals surface area contributed by atoms with Gasteiger partial charge in [-0.25, -0.2) is 4.68 Å². The van der Waals surface area contributed by atoms with Crippen LogP contribution in [-0.4, -0.2) is 44.4 Å². The first-order valence-corrected chi connectivity index (χ1v) is 8.81. The minimum absolute atomic E-state index is 0.127. The second kappa shape index (κ2) is 7.16. The number of aromatic nitrogens is 3. The van der Waals surface area contributed by atoms with E-state index in [4.69, 9.17) is 0 Å². The number of nitrogens with zero attached hydrogens (tertiary/aromatic N) is 4. The Bertz CT molecular complexity index is 1060. The second-order valence-electron chi connectivity index (χ2n) is 6.62. The van der Waals surface area contributed by atoms with Crippen molar-refractivity contribution in [3.63, 3.8) is 0 Å². The standard InChI is InChI=1S/C20H15F3N4O2/c21-20(22,23)14-5-3-13(4-6-14)18(28)12-26-9-7-17-16(19(26)29)11-27(25-17)15-2-1-8-24-10-15/h1-6,8,10-11H,7,9,12H2. The number of fused-ring (bicyclic) bond motifs is 1. The van der Waals surface area contributed by atoms with E-state index in [1.165, 1.54) is 4.90 Å². The van der Waals surface area contributed by atoms with Crippen molar-refractivity contribution >= 4 is 11.7 Å². The van der Waals surface area contributed by atoms with Crippen LogP contribution >= 0.6 is 0 Å². The average molecular weight is 400 g/mol. The van der Waals surface area contributed by atoms with Gasteiger partial charge in [0.1, 0.15) is 0 Å². The van der Waals surface area contributed by atoms with Crippen LogP contribution in [0.5, 0.6) is 0 Å². The number of pyridine rings is 1. The molecule has 0 saturated heterocycles. The maximum atomic E-state index is 12.8. The van der Waals surface area contributed by atoms with Crippen LogP contribution in [0, 0.1) is 0 Å². The molecule has 1 amide bonds. The van der Waals surface area contributed by atoms with Gasteiger partial charge in [-0.15, -0.1) is 0 Å². The van der Waals surface area contributed by atoms with Crippen LogP contribution in [0.1, 0.15) is 32.0 Å². The minimum Gasteiger partial charge on any atom is -0.330 e. The lowest BCUT2D eigenvalue weighted by molar-refractivity contribution is -0.137. The maximum absolute atomic E-state index is 12.8. The SMILES string of the molecule is O=C(CN1CCc2nn(-c3cccnc3)cc2C1=O)c1ccc(C(F)(F)F)cc1. The minimum atomic E-state index is -4.46. The lowest BCUT2D eigenvalue weighted by Gasteiger charge is -2.25. The molecule has 1 aromatic carbocycles. The van der Waals surface area contributed by atoms with Gasteiger partial charge in [-0.2, -0.15) is 18.3 Å². The number of rotatable bonds is 4. The third-order valence-corrected chi connectivity index (χ3v) is 4.71. The molecule has 0 saturated carbocycles. The monoisotopic (exact) mass is 400 g/mol. The van der Waals surface area contributed by atoms with Gasteiger partial charge < -0.3 is 4.90 Å². The van der Waals surface area contributed by atoms with E-state index < -0.39 is 17.5 Å². The smallest absolute Gasteiger partial charge is 0.330 e. The van der Waals surface area contributed by atoms with Crippen LogP contribution < -0.4 is 0 Å². The summed E-state index contributed by atoms with van der Waals surface area (Å²) < 4.78 is 39.5. The molecule has 4 rings (SSSR count). The number of hydrogen-bond acceptors (Lipinski definition) is 4. The van der Waals surface area contributed by atoms with Crippen LogP contribution in [0.3, 0.4) is 0 Å². The second-order valence-corrected chi connectivity index (χ2v) is 6.62. The summed E-state index contributed by atoms with van der Waals surface area (Å²) in [5.74, 6) is -0.753. The number of amides is 1. The molecule has 1 aliphatic heterocycles. The van der Waals surface area contributed by atoms with Gasteiger partial charge in [0.2, 0.25) is 0 Å². The van der Waals surface area contributed by atoms with Gasteiger partial charge in [-0.1, -0.05) is 12.1 Å². The van der Waals surface area contributed by atoms with Crippen LogP contribution in [0.15, 0.2) is 55.0 Å². The molecule has 3 heterocycles. The summed E-state index contributed by atoms with van der Waals surface area (Å²) in [5, 5.41) is 4.41. The number of ketones is 1. The van der Waals surface area contributed by atoms with Crippen LogP contribution in [0.2, 0.25) is 0 Å². The molecule has 0 spiro atoms. The number of Topliss-reactive ketones (excluding diaryl/α,β-unsaturated/α-hetero) is 1. The van der Waals surface area contributed by atoms with Crippen molar-refractivity contribution in [2.24, 2.45) is 0 Å². The normalized spacial score (nSPS) is 14.0. The lowest BCUT2D eigenvalue weighted by Crippen LogP contribution is -2.40. The molecule has 9 heteroatoms. The molecule has 0 unspecified atom stereocenters. The first kappa shape index (κ1) is 18.9. The van der Waals surface area contributed by atoms with E-state index in [1.54, 1.807) is 29.3 Å². The molecule has 148 valence electrons. The van der Waals surface area contributed by atoms with Gasteiger partial charge in [-0.3, -0.25) is 14.6 Å². The summed E-state index contributed by atoms with van der Waals surface area (Å²) in [6.07, 6.45) is 0.870. The number of hydrogen-bond donors (Lipinski definition) is 0. The molecular formula is C20H15F3N4O2. The van der Waals surface area contributed by atoms with E-state index in [-0.39, 0.29) is 18.0 Å². The Balaban J connectivity index is 1.49. The van der Waals surface area contributed by atoms with Crippen molar-refractivity contribution in [2.75, 3.05) is 13.1 Å². The molecule has 0 fully saturated rings. The Kier molecular flexibility index (Phi) is 4.65. The van der Waals surface area contributed by atoms with E-state index in [9.17, 15) is 22.8 Å². The molecular weight excluding hydrogens is 385 g/mol. The van der Waals surface area contributed by atoms with E-state index in [0.29, 0.717) is 29.9 Å². The maximum Gasteiger partial charge on any atom is 0.416 e. The number of carbonyl (C=O) groups is 2. The highest BCUT2D eigenvalue weighted by atomic mass is 19.4. The summed E-state index contributed by atoms with van der Waals surface area (Å²) in [6.45, 7) is 0.101. The largest absolute Gasteiger partial charge is 0.416 e. The number of alkyl halides is 3. The predicted molar refractivity (Wildman–Crippen MR) is 96.7 cm³/mol.